The van der Waals surface area contributed by atoms with E-state index in [1.54, 1.807) is 0 Å². The molecule has 2 rings (SSSR count). The second kappa shape index (κ2) is 5.70. The summed E-state index contributed by atoms with van der Waals surface area (Å²) in [7, 11) is 0. The lowest BCUT2D eigenvalue weighted by atomic mass is 9.96. The third-order valence-electron chi connectivity index (χ3n) is 4.04. The Bertz CT molecular complexity index is 442. The molecule has 1 aliphatic rings. The predicted molar refractivity (Wildman–Crippen MR) is 74.9 cm³/mol. The molecule has 0 aliphatic carbocycles. The zero-order valence-corrected chi connectivity index (χ0v) is 11.7. The summed E-state index contributed by atoms with van der Waals surface area (Å²) in [4.78, 5) is 14.5. The van der Waals surface area contributed by atoms with Crippen molar-refractivity contribution in [1.29, 1.82) is 0 Å². The summed E-state index contributed by atoms with van der Waals surface area (Å²) in [5, 5.41) is 0. The zero-order chi connectivity index (χ0) is 13.1. The van der Waals surface area contributed by atoms with Gasteiger partial charge >= 0.3 is 0 Å². The van der Waals surface area contributed by atoms with Gasteiger partial charge in [0.1, 0.15) is 0 Å². The van der Waals surface area contributed by atoms with Crippen molar-refractivity contribution in [3.63, 3.8) is 0 Å². The summed E-state index contributed by atoms with van der Waals surface area (Å²) < 4.78 is 1.88. The molecule has 0 radical (unpaired) electrons. The number of nitrogens with zero attached hydrogens (tertiary/aromatic N) is 2. The fourth-order valence-corrected chi connectivity index (χ4v) is 2.73. The highest BCUT2D eigenvalue weighted by Crippen LogP contribution is 2.20. The van der Waals surface area contributed by atoms with E-state index in [4.69, 9.17) is 0 Å². The Morgan fingerprint density at radius 3 is 2.61 bits per heavy atom. The Balaban J connectivity index is 1.96. The van der Waals surface area contributed by atoms with Crippen molar-refractivity contribution < 1.29 is 0 Å². The molecule has 3 nitrogen and oxygen atoms in total. The summed E-state index contributed by atoms with van der Waals surface area (Å²) in [5.41, 5.74) is 1.01. The topological polar surface area (TPSA) is 25.2 Å². The minimum atomic E-state index is 0.170. The van der Waals surface area contributed by atoms with Crippen LogP contribution in [0.2, 0.25) is 0 Å². The van der Waals surface area contributed by atoms with Crippen LogP contribution in [0.1, 0.15) is 32.3 Å². The van der Waals surface area contributed by atoms with Crippen molar-refractivity contribution in [1.82, 2.24) is 9.47 Å². The van der Waals surface area contributed by atoms with Crippen LogP contribution < -0.4 is 5.56 Å². The first-order chi connectivity index (χ1) is 8.58. The van der Waals surface area contributed by atoms with Gasteiger partial charge in [0.05, 0.1) is 0 Å². The molecule has 0 spiro atoms. The molecule has 0 unspecified atom stereocenters. The van der Waals surface area contributed by atoms with Crippen LogP contribution in [0.3, 0.4) is 0 Å². The first-order valence-corrected chi connectivity index (χ1v) is 6.98. The van der Waals surface area contributed by atoms with Crippen molar-refractivity contribution in [2.45, 2.75) is 46.2 Å². The van der Waals surface area contributed by atoms with Crippen LogP contribution in [0.25, 0.3) is 0 Å². The zero-order valence-electron chi connectivity index (χ0n) is 11.7. The normalized spacial score (nSPS) is 18.4. The fourth-order valence-electron chi connectivity index (χ4n) is 2.73. The molecule has 0 amide bonds. The number of likely N-dealkylation sites (tertiary alicyclic amines) is 1. The van der Waals surface area contributed by atoms with Gasteiger partial charge in [-0.05, 0) is 58.7 Å². The second-order valence-electron chi connectivity index (χ2n) is 5.72. The van der Waals surface area contributed by atoms with Gasteiger partial charge in [-0.2, -0.15) is 0 Å². The van der Waals surface area contributed by atoms with E-state index in [1.807, 2.05) is 29.8 Å². The summed E-state index contributed by atoms with van der Waals surface area (Å²) in [6.07, 6.45) is 4.33. The first-order valence-electron chi connectivity index (χ1n) is 6.98. The van der Waals surface area contributed by atoms with E-state index in [1.165, 1.54) is 25.9 Å². The average molecular weight is 248 g/mol. The number of piperidine rings is 1. The Morgan fingerprint density at radius 2 is 2.00 bits per heavy atom. The maximum atomic E-state index is 12.0. The van der Waals surface area contributed by atoms with Crippen LogP contribution in [-0.4, -0.2) is 28.6 Å². The van der Waals surface area contributed by atoms with E-state index in [9.17, 15) is 4.79 Å². The molecule has 0 N–H and O–H groups in total. The molecule has 18 heavy (non-hydrogen) atoms. The number of aryl methyl sites for hydroxylation is 1. The van der Waals surface area contributed by atoms with Crippen LogP contribution in [0.15, 0.2) is 23.1 Å². The number of hydrogen-bond acceptors (Lipinski definition) is 2. The van der Waals surface area contributed by atoms with Crippen LogP contribution in [0.5, 0.6) is 0 Å². The van der Waals surface area contributed by atoms with Gasteiger partial charge in [0.25, 0.3) is 5.56 Å². The third-order valence-corrected chi connectivity index (χ3v) is 4.04. The highest BCUT2D eigenvalue weighted by Gasteiger charge is 2.21. The molecule has 1 aliphatic heterocycles. The van der Waals surface area contributed by atoms with Crippen molar-refractivity contribution in [3.05, 3.63) is 34.2 Å². The maximum absolute atomic E-state index is 12.0. The van der Waals surface area contributed by atoms with Gasteiger partial charge in [0.2, 0.25) is 0 Å². The molecule has 0 aromatic carbocycles. The molecule has 0 atom stereocenters. The molecule has 1 saturated heterocycles. The van der Waals surface area contributed by atoms with E-state index < -0.39 is 0 Å². The minimum Gasteiger partial charge on any atom is -0.315 e. The Labute approximate surface area is 109 Å². The van der Waals surface area contributed by atoms with Crippen LogP contribution >= 0.6 is 0 Å². The number of hydrogen-bond donors (Lipinski definition) is 0. The van der Waals surface area contributed by atoms with Gasteiger partial charge in [-0.1, -0.05) is 6.07 Å². The third kappa shape index (κ3) is 3.02. The standard InChI is InChI=1S/C15H24N2O/c1-12(2)16-9-6-14(7-10-16)11-17-8-4-5-13(3)15(17)18/h4-5,8,12,14H,6-7,9-11H2,1-3H3. The molecular weight excluding hydrogens is 224 g/mol. The van der Waals surface area contributed by atoms with Gasteiger partial charge in [0.15, 0.2) is 0 Å². The van der Waals surface area contributed by atoms with Gasteiger partial charge in [-0.3, -0.25) is 4.79 Å². The predicted octanol–water partition coefficient (Wildman–Crippen LogP) is 2.28. The fraction of sp³-hybridized carbons (Fsp3) is 0.667. The Morgan fingerprint density at radius 1 is 1.33 bits per heavy atom. The minimum absolute atomic E-state index is 0.170. The van der Waals surface area contributed by atoms with E-state index in [0.717, 1.165) is 12.1 Å². The smallest absolute Gasteiger partial charge is 0.253 e. The summed E-state index contributed by atoms with van der Waals surface area (Å²) in [6, 6.07) is 4.51. The van der Waals surface area contributed by atoms with E-state index in [0.29, 0.717) is 12.0 Å². The molecule has 1 aromatic heterocycles. The SMILES string of the molecule is Cc1cccn(CC2CCN(C(C)C)CC2)c1=O. The van der Waals surface area contributed by atoms with E-state index >= 15 is 0 Å². The van der Waals surface area contributed by atoms with Gasteiger partial charge in [0, 0.05) is 24.3 Å². The number of aromatic nitrogens is 1. The summed E-state index contributed by atoms with van der Waals surface area (Å²) >= 11 is 0. The molecule has 100 valence electrons. The van der Waals surface area contributed by atoms with Gasteiger partial charge in [-0.25, -0.2) is 0 Å². The average Bonchev–Trinajstić information content (AvgIpc) is 2.36. The molecular formula is C15H24N2O. The molecule has 0 bridgehead atoms. The van der Waals surface area contributed by atoms with Gasteiger partial charge < -0.3 is 9.47 Å². The summed E-state index contributed by atoms with van der Waals surface area (Å²) in [6.45, 7) is 9.62. The highest BCUT2D eigenvalue weighted by atomic mass is 16.1. The number of pyridine rings is 1. The lowest BCUT2D eigenvalue weighted by Crippen LogP contribution is -2.40. The number of rotatable bonds is 3. The molecule has 1 fully saturated rings. The Hall–Kier alpha value is -1.09. The highest BCUT2D eigenvalue weighted by molar-refractivity contribution is 5.07. The van der Waals surface area contributed by atoms with E-state index in [-0.39, 0.29) is 5.56 Å². The van der Waals surface area contributed by atoms with Gasteiger partial charge in [-0.15, -0.1) is 0 Å². The monoisotopic (exact) mass is 248 g/mol. The Kier molecular flexibility index (Phi) is 4.23. The molecule has 2 heterocycles. The lowest BCUT2D eigenvalue weighted by molar-refractivity contribution is 0.141. The quantitative estimate of drug-likeness (QED) is 0.820. The largest absolute Gasteiger partial charge is 0.315 e. The van der Waals surface area contributed by atoms with Crippen molar-refractivity contribution in [2.75, 3.05) is 13.1 Å². The maximum Gasteiger partial charge on any atom is 0.253 e. The van der Waals surface area contributed by atoms with E-state index in [2.05, 4.69) is 18.7 Å². The van der Waals surface area contributed by atoms with Crippen molar-refractivity contribution in [2.24, 2.45) is 5.92 Å². The second-order valence-corrected chi connectivity index (χ2v) is 5.72. The van der Waals surface area contributed by atoms with Crippen LogP contribution in [0, 0.1) is 12.8 Å². The molecule has 3 heteroatoms. The molecule has 1 aromatic rings. The van der Waals surface area contributed by atoms with Crippen LogP contribution in [-0.2, 0) is 6.54 Å². The molecule has 0 saturated carbocycles. The van der Waals surface area contributed by atoms with Crippen molar-refractivity contribution >= 4 is 0 Å². The lowest BCUT2D eigenvalue weighted by Gasteiger charge is -2.34. The van der Waals surface area contributed by atoms with Crippen molar-refractivity contribution in [3.8, 4) is 0 Å². The van der Waals surface area contributed by atoms with Crippen LogP contribution in [0.4, 0.5) is 0 Å². The summed E-state index contributed by atoms with van der Waals surface area (Å²) in [5.74, 6) is 0.652. The first kappa shape index (κ1) is 13.3.